The van der Waals surface area contributed by atoms with Crippen molar-refractivity contribution in [3.05, 3.63) is 59.1 Å². The Balaban J connectivity index is 2.22. The van der Waals surface area contributed by atoms with E-state index in [0.717, 1.165) is 11.3 Å². The minimum Gasteiger partial charge on any atom is -0.378 e. The van der Waals surface area contributed by atoms with E-state index >= 15 is 0 Å². The lowest BCUT2D eigenvalue weighted by molar-refractivity contribution is 0.602. The Morgan fingerprint density at radius 1 is 1.10 bits per heavy atom. The summed E-state index contributed by atoms with van der Waals surface area (Å²) >= 11 is 5.97. The maximum absolute atomic E-state index is 11.5. The molecular formula is C15H16ClNO2S. The van der Waals surface area contributed by atoms with Gasteiger partial charge in [0, 0.05) is 23.0 Å². The summed E-state index contributed by atoms with van der Waals surface area (Å²) in [5.74, 6) is 0. The van der Waals surface area contributed by atoms with Gasteiger partial charge in [-0.3, -0.25) is 0 Å². The molecule has 0 amide bonds. The first-order valence-corrected chi connectivity index (χ1v) is 8.45. The van der Waals surface area contributed by atoms with Gasteiger partial charge in [0.25, 0.3) is 0 Å². The van der Waals surface area contributed by atoms with Crippen LogP contribution in [0.4, 0.5) is 5.69 Å². The van der Waals surface area contributed by atoms with Crippen molar-refractivity contribution in [3.8, 4) is 0 Å². The third kappa shape index (κ3) is 3.74. The third-order valence-electron chi connectivity index (χ3n) is 2.99. The molecule has 1 N–H and O–H groups in total. The van der Waals surface area contributed by atoms with Crippen LogP contribution in [0.3, 0.4) is 0 Å². The molecule has 0 aliphatic heterocycles. The van der Waals surface area contributed by atoms with Gasteiger partial charge in [0.15, 0.2) is 9.84 Å². The van der Waals surface area contributed by atoms with Crippen molar-refractivity contribution in [2.75, 3.05) is 11.6 Å². The summed E-state index contributed by atoms with van der Waals surface area (Å²) in [7, 11) is -3.19. The van der Waals surface area contributed by atoms with Gasteiger partial charge in [-0.15, -0.1) is 0 Å². The summed E-state index contributed by atoms with van der Waals surface area (Å²) in [5, 5.41) is 3.96. The first-order valence-electron chi connectivity index (χ1n) is 6.18. The Morgan fingerprint density at radius 3 is 2.45 bits per heavy atom. The molecule has 2 rings (SSSR count). The van der Waals surface area contributed by atoms with Crippen LogP contribution >= 0.6 is 11.6 Å². The van der Waals surface area contributed by atoms with E-state index in [0.29, 0.717) is 9.92 Å². The summed E-state index contributed by atoms with van der Waals surface area (Å²) in [6.07, 6.45) is 1.20. The highest BCUT2D eigenvalue weighted by Gasteiger charge is 2.10. The molecule has 2 aromatic carbocycles. The molecule has 5 heteroatoms. The van der Waals surface area contributed by atoms with Crippen LogP contribution < -0.4 is 5.32 Å². The zero-order valence-electron chi connectivity index (χ0n) is 11.3. The van der Waals surface area contributed by atoms with Gasteiger partial charge < -0.3 is 5.32 Å². The number of benzene rings is 2. The summed E-state index contributed by atoms with van der Waals surface area (Å²) < 4.78 is 23.1. The maximum Gasteiger partial charge on any atom is 0.175 e. The van der Waals surface area contributed by atoms with Crippen LogP contribution in [0.1, 0.15) is 18.5 Å². The predicted octanol–water partition coefficient (Wildman–Crippen LogP) is 3.92. The minimum atomic E-state index is -3.19. The van der Waals surface area contributed by atoms with Gasteiger partial charge in [0.2, 0.25) is 0 Å². The molecule has 0 fully saturated rings. The minimum absolute atomic E-state index is 0.0310. The second kappa shape index (κ2) is 5.85. The van der Waals surface area contributed by atoms with Crippen LogP contribution in [0.2, 0.25) is 5.02 Å². The Labute approximate surface area is 124 Å². The van der Waals surface area contributed by atoms with E-state index in [1.54, 1.807) is 18.2 Å². The van der Waals surface area contributed by atoms with E-state index in [1.807, 2.05) is 37.3 Å². The molecule has 0 saturated heterocycles. The van der Waals surface area contributed by atoms with Crippen molar-refractivity contribution in [1.29, 1.82) is 0 Å². The molecule has 0 aromatic heterocycles. The van der Waals surface area contributed by atoms with E-state index in [1.165, 1.54) is 6.26 Å². The van der Waals surface area contributed by atoms with Gasteiger partial charge in [-0.1, -0.05) is 29.8 Å². The van der Waals surface area contributed by atoms with Crippen molar-refractivity contribution in [2.45, 2.75) is 17.9 Å². The first kappa shape index (κ1) is 14.9. The molecule has 0 bridgehead atoms. The molecule has 0 radical (unpaired) electrons. The van der Waals surface area contributed by atoms with Crippen molar-refractivity contribution in [3.63, 3.8) is 0 Å². The lowest BCUT2D eigenvalue weighted by atomic mass is 10.1. The molecule has 0 heterocycles. The normalized spacial score (nSPS) is 12.9. The number of rotatable bonds is 4. The molecule has 0 aliphatic rings. The molecular weight excluding hydrogens is 294 g/mol. The van der Waals surface area contributed by atoms with E-state index in [9.17, 15) is 8.42 Å². The van der Waals surface area contributed by atoms with Crippen molar-refractivity contribution < 1.29 is 8.42 Å². The monoisotopic (exact) mass is 309 g/mol. The lowest BCUT2D eigenvalue weighted by Crippen LogP contribution is -2.07. The number of hydrogen-bond donors (Lipinski definition) is 1. The van der Waals surface area contributed by atoms with E-state index in [4.69, 9.17) is 11.6 Å². The zero-order chi connectivity index (χ0) is 14.8. The van der Waals surface area contributed by atoms with E-state index < -0.39 is 9.84 Å². The third-order valence-corrected chi connectivity index (χ3v) is 4.34. The highest BCUT2D eigenvalue weighted by Crippen LogP contribution is 2.23. The van der Waals surface area contributed by atoms with Crippen LogP contribution in [0.5, 0.6) is 0 Å². The van der Waals surface area contributed by atoms with Gasteiger partial charge in [-0.2, -0.15) is 0 Å². The highest BCUT2D eigenvalue weighted by atomic mass is 35.5. The smallest absolute Gasteiger partial charge is 0.175 e. The quantitative estimate of drug-likeness (QED) is 0.931. The fourth-order valence-corrected chi connectivity index (χ4v) is 2.79. The Morgan fingerprint density at radius 2 is 1.80 bits per heavy atom. The molecule has 1 unspecified atom stereocenters. The Hall–Kier alpha value is -1.52. The van der Waals surface area contributed by atoms with Gasteiger partial charge in [-0.05, 0) is 42.8 Å². The van der Waals surface area contributed by atoms with Crippen LogP contribution in [-0.4, -0.2) is 14.7 Å². The van der Waals surface area contributed by atoms with Crippen LogP contribution in [0.15, 0.2) is 53.4 Å². The largest absolute Gasteiger partial charge is 0.378 e. The van der Waals surface area contributed by atoms with E-state index in [2.05, 4.69) is 5.32 Å². The standard InChI is InChI=1S/C15H16ClNO2S/c1-11(12-5-3-6-13(16)9-12)17-14-7-4-8-15(10-14)20(2,18)19/h3-11,17H,1-2H3. The number of anilines is 1. The summed E-state index contributed by atoms with van der Waals surface area (Å²) in [6.45, 7) is 2.00. The molecule has 0 spiro atoms. The SMILES string of the molecule is CC(Nc1cccc(S(C)(=O)=O)c1)c1cccc(Cl)c1. The second-order valence-corrected chi connectivity index (χ2v) is 7.17. The first-order chi connectivity index (χ1) is 9.36. The van der Waals surface area contributed by atoms with Crippen molar-refractivity contribution in [1.82, 2.24) is 0 Å². The van der Waals surface area contributed by atoms with Crippen LogP contribution in [0.25, 0.3) is 0 Å². The lowest BCUT2D eigenvalue weighted by Gasteiger charge is -2.16. The number of halogens is 1. The van der Waals surface area contributed by atoms with Crippen molar-refractivity contribution >= 4 is 27.1 Å². The molecule has 3 nitrogen and oxygen atoms in total. The van der Waals surface area contributed by atoms with Crippen LogP contribution in [-0.2, 0) is 9.84 Å². The van der Waals surface area contributed by atoms with Gasteiger partial charge in [0.05, 0.1) is 4.90 Å². The number of hydrogen-bond acceptors (Lipinski definition) is 3. The zero-order valence-corrected chi connectivity index (χ0v) is 12.9. The highest BCUT2D eigenvalue weighted by molar-refractivity contribution is 7.90. The Bertz CT molecular complexity index is 713. The van der Waals surface area contributed by atoms with E-state index in [-0.39, 0.29) is 6.04 Å². The Kier molecular flexibility index (Phi) is 4.35. The van der Waals surface area contributed by atoms with Gasteiger partial charge >= 0.3 is 0 Å². The molecule has 0 aliphatic carbocycles. The van der Waals surface area contributed by atoms with Crippen LogP contribution in [0, 0.1) is 0 Å². The summed E-state index contributed by atoms with van der Waals surface area (Å²) in [6, 6.07) is 14.4. The average molecular weight is 310 g/mol. The maximum atomic E-state index is 11.5. The average Bonchev–Trinajstić information content (AvgIpc) is 2.38. The second-order valence-electron chi connectivity index (χ2n) is 4.72. The molecule has 20 heavy (non-hydrogen) atoms. The molecule has 106 valence electrons. The topological polar surface area (TPSA) is 46.2 Å². The fraction of sp³-hybridized carbons (Fsp3) is 0.200. The number of sulfone groups is 1. The van der Waals surface area contributed by atoms with Crippen molar-refractivity contribution in [2.24, 2.45) is 0 Å². The molecule has 2 aromatic rings. The summed E-state index contributed by atoms with van der Waals surface area (Å²) in [4.78, 5) is 0.306. The predicted molar refractivity (Wildman–Crippen MR) is 83.0 cm³/mol. The van der Waals surface area contributed by atoms with Gasteiger partial charge in [0.1, 0.15) is 0 Å². The molecule has 1 atom stereocenters. The number of nitrogens with one attached hydrogen (secondary N) is 1. The molecule has 0 saturated carbocycles. The van der Waals surface area contributed by atoms with Gasteiger partial charge in [-0.25, -0.2) is 8.42 Å². The summed E-state index contributed by atoms with van der Waals surface area (Å²) in [5.41, 5.74) is 1.81. The fourth-order valence-electron chi connectivity index (χ4n) is 1.93.